The second kappa shape index (κ2) is 8.24. The third kappa shape index (κ3) is 3.92. The van der Waals surface area contributed by atoms with Crippen molar-refractivity contribution in [3.8, 4) is 22.4 Å². The molecular weight excluding hydrogens is 396 g/mol. The van der Waals surface area contributed by atoms with Crippen LogP contribution in [0, 0.1) is 20.8 Å². The van der Waals surface area contributed by atoms with Crippen LogP contribution < -0.4 is 10.6 Å². The highest BCUT2D eigenvalue weighted by Gasteiger charge is 2.18. The minimum absolute atomic E-state index is 0.0139. The van der Waals surface area contributed by atoms with Crippen LogP contribution in [0.1, 0.15) is 33.7 Å². The molecule has 5 nitrogen and oxygen atoms in total. The average Bonchev–Trinajstić information content (AvgIpc) is 3.40. The molecule has 162 valence electrons. The Hall–Kier alpha value is -3.44. The lowest BCUT2D eigenvalue weighted by Gasteiger charge is -2.12. The van der Waals surface area contributed by atoms with E-state index >= 15 is 0 Å². The van der Waals surface area contributed by atoms with Crippen molar-refractivity contribution in [2.75, 3.05) is 13.1 Å². The molecule has 1 fully saturated rings. The van der Waals surface area contributed by atoms with Gasteiger partial charge in [-0.3, -0.25) is 9.78 Å². The van der Waals surface area contributed by atoms with E-state index in [1.807, 2.05) is 32.0 Å². The molecule has 1 amide bonds. The molecule has 0 saturated carbocycles. The van der Waals surface area contributed by atoms with Crippen LogP contribution in [0.4, 0.5) is 0 Å². The highest BCUT2D eigenvalue weighted by molar-refractivity contribution is 5.97. The first-order valence-electron chi connectivity index (χ1n) is 11.2. The van der Waals surface area contributed by atoms with Crippen LogP contribution in [-0.4, -0.2) is 35.0 Å². The maximum atomic E-state index is 12.7. The van der Waals surface area contributed by atoms with E-state index < -0.39 is 0 Å². The van der Waals surface area contributed by atoms with Gasteiger partial charge in [0.05, 0.1) is 0 Å². The Labute approximate surface area is 188 Å². The number of pyridine rings is 1. The summed E-state index contributed by atoms with van der Waals surface area (Å²) < 4.78 is 0. The summed E-state index contributed by atoms with van der Waals surface area (Å²) in [6.45, 7) is 7.98. The van der Waals surface area contributed by atoms with Gasteiger partial charge in [-0.1, -0.05) is 24.3 Å². The topological polar surface area (TPSA) is 69.8 Å². The number of rotatable bonds is 4. The molecule has 3 N–H and O–H groups in total. The number of carbonyl (C=O) groups excluding carboxylic acids is 1. The number of hydrogen-bond acceptors (Lipinski definition) is 3. The van der Waals surface area contributed by atoms with E-state index in [2.05, 4.69) is 63.9 Å². The quantitative estimate of drug-likeness (QED) is 0.436. The van der Waals surface area contributed by atoms with Crippen molar-refractivity contribution in [2.24, 2.45) is 0 Å². The van der Waals surface area contributed by atoms with E-state index in [1.165, 1.54) is 16.5 Å². The third-order valence-electron chi connectivity index (χ3n) is 6.28. The Balaban J connectivity index is 1.49. The first-order valence-corrected chi connectivity index (χ1v) is 11.2. The van der Waals surface area contributed by atoms with Crippen molar-refractivity contribution in [3.63, 3.8) is 0 Å². The van der Waals surface area contributed by atoms with Crippen LogP contribution in [0.3, 0.4) is 0 Å². The Bertz CT molecular complexity index is 1290. The highest BCUT2D eigenvalue weighted by atomic mass is 16.1. The fraction of sp³-hybridized carbons (Fsp3) is 0.259. The van der Waals surface area contributed by atoms with Gasteiger partial charge in [0.25, 0.3) is 5.91 Å². The normalized spacial score (nSPS) is 15.9. The first-order chi connectivity index (χ1) is 15.5. The number of nitrogens with zero attached hydrogens (tertiary/aromatic N) is 1. The van der Waals surface area contributed by atoms with Gasteiger partial charge in [0, 0.05) is 46.1 Å². The van der Waals surface area contributed by atoms with E-state index in [4.69, 9.17) is 0 Å². The number of nitrogens with one attached hydrogen (secondary N) is 3. The van der Waals surface area contributed by atoms with Gasteiger partial charge < -0.3 is 15.6 Å². The number of fused-ring (bicyclic) bond motifs is 1. The van der Waals surface area contributed by atoms with Crippen LogP contribution >= 0.6 is 0 Å². The maximum Gasteiger partial charge on any atom is 0.251 e. The summed E-state index contributed by atoms with van der Waals surface area (Å²) in [5, 5.41) is 7.61. The SMILES string of the molecule is Cc1cc(-c2ccc3c(C)c(-c4cccc(C(=O)N[C@@H]5CCNC5)c4)[nH]c3c2)cc(C)n1. The molecule has 2 aromatic carbocycles. The molecule has 0 unspecified atom stereocenters. The van der Waals surface area contributed by atoms with Gasteiger partial charge in [0.15, 0.2) is 0 Å². The number of carbonyl (C=O) groups is 1. The lowest BCUT2D eigenvalue weighted by atomic mass is 10.0. The predicted octanol–water partition coefficient (Wildman–Crippen LogP) is 4.91. The number of H-pyrrole nitrogens is 1. The summed E-state index contributed by atoms with van der Waals surface area (Å²) in [7, 11) is 0. The second-order valence-electron chi connectivity index (χ2n) is 8.77. The summed E-state index contributed by atoms with van der Waals surface area (Å²) in [5.41, 5.74) is 9.42. The Morgan fingerprint density at radius 1 is 0.969 bits per heavy atom. The average molecular weight is 425 g/mol. The number of aryl methyl sites for hydroxylation is 3. The summed E-state index contributed by atoms with van der Waals surface area (Å²) >= 11 is 0. The number of amides is 1. The van der Waals surface area contributed by atoms with Crippen LogP contribution in [-0.2, 0) is 0 Å². The Kier molecular flexibility index (Phi) is 5.27. The van der Waals surface area contributed by atoms with E-state index in [1.54, 1.807) is 0 Å². The molecule has 5 rings (SSSR count). The molecule has 4 aromatic rings. The summed E-state index contributed by atoms with van der Waals surface area (Å²) in [4.78, 5) is 20.8. The molecule has 0 aliphatic carbocycles. The van der Waals surface area contributed by atoms with Gasteiger partial charge in [0.1, 0.15) is 0 Å². The van der Waals surface area contributed by atoms with Gasteiger partial charge in [0.2, 0.25) is 0 Å². The van der Waals surface area contributed by atoms with E-state index in [0.717, 1.165) is 53.2 Å². The molecule has 1 atom stereocenters. The lowest BCUT2D eigenvalue weighted by Crippen LogP contribution is -2.36. The standard InChI is InChI=1S/C27H28N4O/c1-16-11-22(12-17(2)29-16)19-7-8-24-18(3)26(31-25(24)14-19)20-5-4-6-21(13-20)27(32)30-23-9-10-28-15-23/h4-8,11-14,23,28,31H,9-10,15H2,1-3H3,(H,30,32)/t23-/m1/s1. The first kappa shape index (κ1) is 20.5. The summed E-state index contributed by atoms with van der Waals surface area (Å²) in [6.07, 6.45) is 0.978. The van der Waals surface area contributed by atoms with Crippen LogP contribution in [0.25, 0.3) is 33.3 Å². The summed E-state index contributed by atoms with van der Waals surface area (Å²) in [6, 6.07) is 18.9. The molecule has 1 saturated heterocycles. The number of aromatic nitrogens is 2. The van der Waals surface area contributed by atoms with Gasteiger partial charge in [-0.05, 0) is 86.3 Å². The van der Waals surface area contributed by atoms with Gasteiger partial charge in [-0.2, -0.15) is 0 Å². The van der Waals surface area contributed by atoms with Crippen molar-refractivity contribution < 1.29 is 4.79 Å². The van der Waals surface area contributed by atoms with Crippen LogP contribution in [0.5, 0.6) is 0 Å². The zero-order valence-electron chi connectivity index (χ0n) is 18.8. The zero-order valence-corrected chi connectivity index (χ0v) is 18.8. The largest absolute Gasteiger partial charge is 0.354 e. The van der Waals surface area contributed by atoms with Gasteiger partial charge >= 0.3 is 0 Å². The Morgan fingerprint density at radius 3 is 2.53 bits per heavy atom. The zero-order chi connectivity index (χ0) is 22.2. The number of hydrogen-bond donors (Lipinski definition) is 3. The fourth-order valence-electron chi connectivity index (χ4n) is 4.67. The van der Waals surface area contributed by atoms with Crippen molar-refractivity contribution in [1.29, 1.82) is 0 Å². The Morgan fingerprint density at radius 2 is 1.78 bits per heavy atom. The van der Waals surface area contributed by atoms with Crippen molar-refractivity contribution in [2.45, 2.75) is 33.2 Å². The molecule has 0 bridgehead atoms. The van der Waals surface area contributed by atoms with Gasteiger partial charge in [-0.15, -0.1) is 0 Å². The van der Waals surface area contributed by atoms with E-state index in [-0.39, 0.29) is 11.9 Å². The molecule has 0 radical (unpaired) electrons. The molecule has 3 heterocycles. The molecular formula is C27H28N4O. The van der Waals surface area contributed by atoms with Crippen LogP contribution in [0.15, 0.2) is 54.6 Å². The van der Waals surface area contributed by atoms with Crippen molar-refractivity contribution in [1.82, 2.24) is 20.6 Å². The molecule has 1 aliphatic heterocycles. The second-order valence-corrected chi connectivity index (χ2v) is 8.77. The van der Waals surface area contributed by atoms with Crippen molar-refractivity contribution >= 4 is 16.8 Å². The maximum absolute atomic E-state index is 12.7. The molecule has 2 aromatic heterocycles. The third-order valence-corrected chi connectivity index (χ3v) is 6.28. The van der Waals surface area contributed by atoms with Crippen molar-refractivity contribution in [3.05, 3.63) is 77.1 Å². The lowest BCUT2D eigenvalue weighted by molar-refractivity contribution is 0.0940. The smallest absolute Gasteiger partial charge is 0.251 e. The predicted molar refractivity (Wildman–Crippen MR) is 130 cm³/mol. The monoisotopic (exact) mass is 424 g/mol. The van der Waals surface area contributed by atoms with E-state index in [9.17, 15) is 4.79 Å². The van der Waals surface area contributed by atoms with Crippen LogP contribution in [0.2, 0.25) is 0 Å². The number of benzene rings is 2. The minimum Gasteiger partial charge on any atom is -0.354 e. The van der Waals surface area contributed by atoms with E-state index in [0.29, 0.717) is 5.56 Å². The fourth-order valence-corrected chi connectivity index (χ4v) is 4.67. The molecule has 5 heteroatoms. The number of aromatic amines is 1. The molecule has 32 heavy (non-hydrogen) atoms. The molecule has 0 spiro atoms. The highest BCUT2D eigenvalue weighted by Crippen LogP contribution is 2.33. The van der Waals surface area contributed by atoms with Gasteiger partial charge in [-0.25, -0.2) is 0 Å². The molecule has 1 aliphatic rings. The minimum atomic E-state index is -0.0139. The summed E-state index contributed by atoms with van der Waals surface area (Å²) in [5.74, 6) is -0.0139.